The molecule has 0 heterocycles. The molecule has 1 amide bonds. The zero-order valence-electron chi connectivity index (χ0n) is 10.3. The molecule has 0 aliphatic rings. The number of rotatable bonds is 6. The monoisotopic (exact) mass is 239 g/mol. The Kier molecular flexibility index (Phi) is 5.97. The van der Waals surface area contributed by atoms with Gasteiger partial charge in [0.2, 0.25) is 5.91 Å². The fourth-order valence-corrected chi connectivity index (χ4v) is 1.44. The number of hydrogen-bond donors (Lipinski definition) is 1. The first-order valence-corrected chi connectivity index (χ1v) is 5.31. The fourth-order valence-electron chi connectivity index (χ4n) is 1.44. The van der Waals surface area contributed by atoms with Crippen molar-refractivity contribution in [2.75, 3.05) is 6.61 Å². The first kappa shape index (κ1) is 15.2. The van der Waals surface area contributed by atoms with Crippen LogP contribution in [0.3, 0.4) is 0 Å². The van der Waals surface area contributed by atoms with Gasteiger partial charge in [-0.1, -0.05) is 0 Å². The van der Waals surface area contributed by atoms with E-state index in [2.05, 4.69) is 11.2 Å². The molecule has 0 aliphatic carbocycles. The van der Waals surface area contributed by atoms with Crippen LogP contribution in [0.2, 0.25) is 0 Å². The molecule has 1 N–H and O–H groups in total. The number of ether oxygens (including phenoxy) is 1. The highest BCUT2D eigenvalue weighted by Gasteiger charge is 2.45. The number of carbonyl (C=O) groups excluding carboxylic acids is 3. The molecule has 0 aromatic heterocycles. The van der Waals surface area contributed by atoms with E-state index < -0.39 is 23.2 Å². The van der Waals surface area contributed by atoms with Gasteiger partial charge in [0.1, 0.15) is 0 Å². The Morgan fingerprint density at radius 2 is 1.94 bits per heavy atom. The van der Waals surface area contributed by atoms with Gasteiger partial charge in [0, 0.05) is 13.3 Å². The van der Waals surface area contributed by atoms with Gasteiger partial charge in [-0.05, 0) is 20.3 Å². The highest BCUT2D eigenvalue weighted by Crippen LogP contribution is 2.17. The van der Waals surface area contributed by atoms with Crippen LogP contribution in [-0.4, -0.2) is 29.8 Å². The minimum atomic E-state index is -1.66. The van der Waals surface area contributed by atoms with E-state index in [4.69, 9.17) is 11.2 Å². The third-order valence-electron chi connectivity index (χ3n) is 2.26. The summed E-state index contributed by atoms with van der Waals surface area (Å²) >= 11 is 0. The molecule has 0 fully saturated rings. The maximum absolute atomic E-state index is 11.8. The van der Waals surface area contributed by atoms with Crippen molar-refractivity contribution in [1.29, 1.82) is 0 Å². The van der Waals surface area contributed by atoms with E-state index in [9.17, 15) is 14.4 Å². The maximum atomic E-state index is 11.8. The Morgan fingerprint density at radius 3 is 2.29 bits per heavy atom. The molecule has 0 aliphatic heterocycles. The van der Waals surface area contributed by atoms with Crippen molar-refractivity contribution in [2.45, 2.75) is 39.2 Å². The molecule has 5 heteroatoms. The molecule has 0 saturated carbocycles. The fraction of sp³-hybridized carbons (Fsp3) is 0.583. The highest BCUT2D eigenvalue weighted by atomic mass is 16.5. The van der Waals surface area contributed by atoms with Gasteiger partial charge in [-0.2, -0.15) is 0 Å². The van der Waals surface area contributed by atoms with Crippen LogP contribution in [0, 0.1) is 12.3 Å². The summed E-state index contributed by atoms with van der Waals surface area (Å²) in [4.78, 5) is 34.6. The average molecular weight is 239 g/mol. The Bertz CT molecular complexity index is 356. The summed E-state index contributed by atoms with van der Waals surface area (Å²) in [6.07, 6.45) is 5.35. The lowest BCUT2D eigenvalue weighted by atomic mass is 9.89. The third-order valence-corrected chi connectivity index (χ3v) is 2.26. The predicted molar refractivity (Wildman–Crippen MR) is 61.9 cm³/mol. The standard InChI is InChI=1S/C12H17NO4/c1-5-7-8-12(9(3)14,13-10(4)15)11(16)17-6-2/h1H,6-8H2,2-4H3,(H,13,15). The van der Waals surface area contributed by atoms with Gasteiger partial charge in [-0.3, -0.25) is 9.59 Å². The van der Waals surface area contributed by atoms with Crippen molar-refractivity contribution in [2.24, 2.45) is 0 Å². The first-order valence-electron chi connectivity index (χ1n) is 5.31. The molecule has 0 aromatic carbocycles. The summed E-state index contributed by atoms with van der Waals surface area (Å²) in [6, 6.07) is 0. The molecule has 0 rings (SSSR count). The SMILES string of the molecule is C#CCCC(NC(C)=O)(C(C)=O)C(=O)OCC. The lowest BCUT2D eigenvalue weighted by Crippen LogP contribution is -2.59. The van der Waals surface area contributed by atoms with E-state index in [0.717, 1.165) is 0 Å². The van der Waals surface area contributed by atoms with Gasteiger partial charge in [-0.25, -0.2) is 4.79 Å². The summed E-state index contributed by atoms with van der Waals surface area (Å²) in [5, 5.41) is 2.35. The summed E-state index contributed by atoms with van der Waals surface area (Å²) < 4.78 is 4.82. The zero-order valence-corrected chi connectivity index (χ0v) is 10.3. The number of ketones is 1. The zero-order chi connectivity index (χ0) is 13.5. The molecule has 17 heavy (non-hydrogen) atoms. The second kappa shape index (κ2) is 6.69. The van der Waals surface area contributed by atoms with Gasteiger partial charge in [-0.15, -0.1) is 12.3 Å². The van der Waals surface area contributed by atoms with E-state index in [0.29, 0.717) is 0 Å². The van der Waals surface area contributed by atoms with Crippen LogP contribution >= 0.6 is 0 Å². The van der Waals surface area contributed by atoms with Crippen molar-refractivity contribution in [3.63, 3.8) is 0 Å². The minimum absolute atomic E-state index is 0.0389. The van der Waals surface area contributed by atoms with E-state index in [1.165, 1.54) is 13.8 Å². The van der Waals surface area contributed by atoms with Crippen molar-refractivity contribution in [3.8, 4) is 12.3 Å². The summed E-state index contributed by atoms with van der Waals surface area (Å²) in [6.45, 7) is 4.21. The number of Topliss-reactive ketones (excluding diaryl/α,β-unsaturated/α-hetero) is 1. The van der Waals surface area contributed by atoms with Crippen LogP contribution < -0.4 is 5.32 Å². The van der Waals surface area contributed by atoms with E-state index >= 15 is 0 Å². The van der Waals surface area contributed by atoms with Crippen molar-refractivity contribution in [1.82, 2.24) is 5.32 Å². The number of amides is 1. The third kappa shape index (κ3) is 3.91. The van der Waals surface area contributed by atoms with Gasteiger partial charge in [0.25, 0.3) is 0 Å². The average Bonchev–Trinajstić information content (AvgIpc) is 2.23. The van der Waals surface area contributed by atoms with Crippen LogP contribution in [0.15, 0.2) is 0 Å². The molecule has 94 valence electrons. The summed E-state index contributed by atoms with van der Waals surface area (Å²) in [7, 11) is 0. The van der Waals surface area contributed by atoms with E-state index in [1.807, 2.05) is 0 Å². The van der Waals surface area contributed by atoms with Crippen molar-refractivity contribution in [3.05, 3.63) is 0 Å². The summed E-state index contributed by atoms with van der Waals surface area (Å²) in [5.41, 5.74) is -1.66. The quantitative estimate of drug-likeness (QED) is 0.414. The Labute approximate surface area is 101 Å². The van der Waals surface area contributed by atoms with Crippen LogP contribution in [0.25, 0.3) is 0 Å². The number of nitrogens with one attached hydrogen (secondary N) is 1. The molecule has 0 saturated heterocycles. The molecule has 0 radical (unpaired) electrons. The van der Waals surface area contributed by atoms with E-state index in [1.54, 1.807) is 6.92 Å². The van der Waals surface area contributed by atoms with Crippen LogP contribution in [0.1, 0.15) is 33.6 Å². The Hall–Kier alpha value is -1.83. The topological polar surface area (TPSA) is 72.5 Å². The lowest BCUT2D eigenvalue weighted by Gasteiger charge is -2.28. The van der Waals surface area contributed by atoms with Gasteiger partial charge in [0.05, 0.1) is 6.61 Å². The van der Waals surface area contributed by atoms with Crippen molar-refractivity contribution >= 4 is 17.7 Å². The Balaban J connectivity index is 5.23. The molecule has 0 bridgehead atoms. The van der Waals surface area contributed by atoms with Crippen LogP contribution in [0.5, 0.6) is 0 Å². The second-order valence-corrected chi connectivity index (χ2v) is 3.57. The second-order valence-electron chi connectivity index (χ2n) is 3.57. The largest absolute Gasteiger partial charge is 0.464 e. The maximum Gasteiger partial charge on any atom is 0.339 e. The summed E-state index contributed by atoms with van der Waals surface area (Å²) in [5.74, 6) is 0.605. The number of hydrogen-bond acceptors (Lipinski definition) is 4. The van der Waals surface area contributed by atoms with Gasteiger partial charge >= 0.3 is 5.97 Å². The Morgan fingerprint density at radius 1 is 1.35 bits per heavy atom. The molecule has 0 spiro atoms. The molecule has 1 atom stereocenters. The normalized spacial score (nSPS) is 13.1. The van der Waals surface area contributed by atoms with Crippen molar-refractivity contribution < 1.29 is 19.1 Å². The molecular weight excluding hydrogens is 222 g/mol. The molecular formula is C12H17NO4. The van der Waals surface area contributed by atoms with Gasteiger partial charge < -0.3 is 10.1 Å². The minimum Gasteiger partial charge on any atom is -0.464 e. The highest BCUT2D eigenvalue weighted by molar-refractivity contribution is 6.09. The number of terminal acetylenes is 1. The smallest absolute Gasteiger partial charge is 0.339 e. The first-order chi connectivity index (χ1) is 7.90. The molecule has 5 nitrogen and oxygen atoms in total. The van der Waals surface area contributed by atoms with Crippen LogP contribution in [-0.2, 0) is 19.1 Å². The number of carbonyl (C=O) groups is 3. The molecule has 1 unspecified atom stereocenters. The lowest BCUT2D eigenvalue weighted by molar-refractivity contribution is -0.157. The van der Waals surface area contributed by atoms with E-state index in [-0.39, 0.29) is 19.4 Å². The number of esters is 1. The van der Waals surface area contributed by atoms with Gasteiger partial charge in [0.15, 0.2) is 11.3 Å². The van der Waals surface area contributed by atoms with Crippen LogP contribution in [0.4, 0.5) is 0 Å². The molecule has 0 aromatic rings. The predicted octanol–water partition coefficient (Wildman–Crippen LogP) is 0.427.